The monoisotopic (exact) mass is 179 g/mol. The zero-order valence-electron chi connectivity index (χ0n) is 6.99. The first-order chi connectivity index (χ1) is 5.97. The molecule has 64 valence electrons. The molecular weight excluding hydrogens is 166 g/mol. The molecule has 0 spiro atoms. The van der Waals surface area contributed by atoms with Gasteiger partial charge in [-0.15, -0.1) is 0 Å². The molecule has 0 bridgehead atoms. The normalized spacial score (nSPS) is 23.2. The molecule has 0 amide bonds. The molecule has 1 aliphatic heterocycles. The van der Waals surface area contributed by atoms with Gasteiger partial charge in [-0.3, -0.25) is 0 Å². The van der Waals surface area contributed by atoms with Crippen molar-refractivity contribution in [1.29, 1.82) is 0 Å². The summed E-state index contributed by atoms with van der Waals surface area (Å²) in [5.41, 5.74) is 1.44. The molecule has 0 radical (unpaired) electrons. The maximum atomic E-state index is 3.41. The molecule has 0 aliphatic carbocycles. The minimum atomic E-state index is 0.551. The Balaban J connectivity index is 2.08. The molecule has 0 fully saturated rings. The molecule has 1 nitrogen and oxygen atoms in total. The van der Waals surface area contributed by atoms with E-state index in [1.807, 2.05) is 0 Å². The quantitative estimate of drug-likeness (QED) is 0.698. The zero-order valence-corrected chi connectivity index (χ0v) is 7.81. The van der Waals surface area contributed by atoms with Crippen LogP contribution in [0.5, 0.6) is 0 Å². The van der Waals surface area contributed by atoms with Gasteiger partial charge in [-0.1, -0.05) is 6.08 Å². The predicted molar refractivity (Wildman–Crippen MR) is 53.2 cm³/mol. The third-order valence-electron chi connectivity index (χ3n) is 2.22. The van der Waals surface area contributed by atoms with Gasteiger partial charge in [0.05, 0.1) is 6.04 Å². The Bertz CT molecular complexity index is 251. The lowest BCUT2D eigenvalue weighted by Gasteiger charge is -2.13. The van der Waals surface area contributed by atoms with Crippen molar-refractivity contribution in [3.8, 4) is 0 Å². The second-order valence-corrected chi connectivity index (χ2v) is 3.89. The Morgan fingerprint density at radius 2 is 2.50 bits per heavy atom. The smallest absolute Gasteiger partial charge is 0.0516 e. The van der Waals surface area contributed by atoms with Crippen LogP contribution in [-0.2, 0) is 0 Å². The first kappa shape index (κ1) is 7.87. The topological polar surface area (TPSA) is 12.0 Å². The van der Waals surface area contributed by atoms with Crippen molar-refractivity contribution in [2.45, 2.75) is 25.3 Å². The van der Waals surface area contributed by atoms with Gasteiger partial charge in [0.1, 0.15) is 0 Å². The van der Waals surface area contributed by atoms with Crippen LogP contribution >= 0.6 is 11.3 Å². The van der Waals surface area contributed by atoms with Crippen LogP contribution in [0.4, 0.5) is 0 Å². The van der Waals surface area contributed by atoms with Crippen LogP contribution in [0.2, 0.25) is 0 Å². The van der Waals surface area contributed by atoms with Crippen molar-refractivity contribution in [3.63, 3.8) is 0 Å². The van der Waals surface area contributed by atoms with Crippen LogP contribution in [-0.4, -0.2) is 0 Å². The summed E-state index contributed by atoms with van der Waals surface area (Å²) >= 11 is 1.78. The van der Waals surface area contributed by atoms with Crippen molar-refractivity contribution in [3.05, 3.63) is 34.7 Å². The first-order valence-electron chi connectivity index (χ1n) is 4.40. The predicted octanol–water partition coefficient (Wildman–Crippen LogP) is 3.08. The molecule has 2 heteroatoms. The second-order valence-electron chi connectivity index (χ2n) is 3.11. The van der Waals surface area contributed by atoms with E-state index in [0.29, 0.717) is 6.04 Å². The van der Waals surface area contributed by atoms with E-state index in [9.17, 15) is 0 Å². The molecule has 1 aromatic heterocycles. The SMILES string of the molecule is C1=CNC(c2ccsc2)CCC1. The summed E-state index contributed by atoms with van der Waals surface area (Å²) in [7, 11) is 0. The molecule has 2 rings (SSSR count). The van der Waals surface area contributed by atoms with Crippen LogP contribution in [0.15, 0.2) is 29.1 Å². The summed E-state index contributed by atoms with van der Waals surface area (Å²) in [4.78, 5) is 0. The van der Waals surface area contributed by atoms with E-state index < -0.39 is 0 Å². The minimum Gasteiger partial charge on any atom is -0.384 e. The van der Waals surface area contributed by atoms with Gasteiger partial charge in [0.15, 0.2) is 0 Å². The zero-order chi connectivity index (χ0) is 8.23. The standard InChI is InChI=1S/C10H13NS/c1-2-4-10(11-6-3-1)9-5-7-12-8-9/h3,5-8,10-11H,1-2,4H2. The lowest BCUT2D eigenvalue weighted by Crippen LogP contribution is -2.12. The molecule has 1 N–H and O–H groups in total. The number of allylic oxidation sites excluding steroid dienone is 1. The van der Waals surface area contributed by atoms with Crippen LogP contribution < -0.4 is 5.32 Å². The second kappa shape index (κ2) is 3.76. The van der Waals surface area contributed by atoms with Crippen molar-refractivity contribution >= 4 is 11.3 Å². The summed E-state index contributed by atoms with van der Waals surface area (Å²) in [6, 6.07) is 2.76. The molecular formula is C10H13NS. The molecule has 12 heavy (non-hydrogen) atoms. The highest BCUT2D eigenvalue weighted by Crippen LogP contribution is 2.23. The average molecular weight is 179 g/mol. The fourth-order valence-electron chi connectivity index (χ4n) is 1.53. The molecule has 1 unspecified atom stereocenters. The fourth-order valence-corrected chi connectivity index (χ4v) is 2.24. The molecule has 2 heterocycles. The number of hydrogen-bond donors (Lipinski definition) is 1. The molecule has 1 aromatic rings. The molecule has 0 saturated carbocycles. The third-order valence-corrected chi connectivity index (χ3v) is 2.93. The Hall–Kier alpha value is -0.760. The van der Waals surface area contributed by atoms with E-state index in [4.69, 9.17) is 0 Å². The van der Waals surface area contributed by atoms with E-state index in [1.165, 1.54) is 24.8 Å². The Morgan fingerprint density at radius 1 is 1.50 bits per heavy atom. The maximum Gasteiger partial charge on any atom is 0.0516 e. The number of hydrogen-bond acceptors (Lipinski definition) is 2. The Kier molecular flexibility index (Phi) is 2.47. The lowest BCUT2D eigenvalue weighted by molar-refractivity contribution is 0.567. The summed E-state index contributed by atoms with van der Waals surface area (Å²) in [5, 5.41) is 7.79. The largest absolute Gasteiger partial charge is 0.384 e. The van der Waals surface area contributed by atoms with Gasteiger partial charge in [-0.05, 0) is 47.9 Å². The van der Waals surface area contributed by atoms with Gasteiger partial charge in [0.2, 0.25) is 0 Å². The first-order valence-corrected chi connectivity index (χ1v) is 5.34. The summed E-state index contributed by atoms with van der Waals surface area (Å²) < 4.78 is 0. The van der Waals surface area contributed by atoms with Gasteiger partial charge in [0.25, 0.3) is 0 Å². The molecule has 1 atom stereocenters. The molecule has 1 aliphatic rings. The minimum absolute atomic E-state index is 0.551. The van der Waals surface area contributed by atoms with Crippen LogP contribution in [0.3, 0.4) is 0 Å². The highest BCUT2D eigenvalue weighted by molar-refractivity contribution is 7.07. The van der Waals surface area contributed by atoms with Gasteiger partial charge < -0.3 is 5.32 Å². The lowest BCUT2D eigenvalue weighted by atomic mass is 10.1. The van der Waals surface area contributed by atoms with E-state index in [-0.39, 0.29) is 0 Å². The van der Waals surface area contributed by atoms with E-state index in [2.05, 4.69) is 34.4 Å². The van der Waals surface area contributed by atoms with Gasteiger partial charge in [-0.2, -0.15) is 11.3 Å². The third kappa shape index (κ3) is 1.69. The maximum absolute atomic E-state index is 3.41. The van der Waals surface area contributed by atoms with Gasteiger partial charge in [-0.25, -0.2) is 0 Å². The van der Waals surface area contributed by atoms with Crippen LogP contribution in [0.1, 0.15) is 30.9 Å². The highest BCUT2D eigenvalue weighted by Gasteiger charge is 2.10. The highest BCUT2D eigenvalue weighted by atomic mass is 32.1. The van der Waals surface area contributed by atoms with Crippen molar-refractivity contribution in [2.75, 3.05) is 0 Å². The summed E-state index contributed by atoms with van der Waals surface area (Å²) in [6.07, 6.45) is 8.07. The van der Waals surface area contributed by atoms with Crippen molar-refractivity contribution in [2.24, 2.45) is 0 Å². The summed E-state index contributed by atoms with van der Waals surface area (Å²) in [5.74, 6) is 0. The van der Waals surface area contributed by atoms with E-state index >= 15 is 0 Å². The Morgan fingerprint density at radius 3 is 3.33 bits per heavy atom. The van der Waals surface area contributed by atoms with Crippen LogP contribution in [0.25, 0.3) is 0 Å². The number of thiophene rings is 1. The van der Waals surface area contributed by atoms with Gasteiger partial charge in [0, 0.05) is 0 Å². The Labute approximate surface area is 77.1 Å². The van der Waals surface area contributed by atoms with E-state index in [0.717, 1.165) is 0 Å². The van der Waals surface area contributed by atoms with Gasteiger partial charge >= 0.3 is 0 Å². The van der Waals surface area contributed by atoms with E-state index in [1.54, 1.807) is 11.3 Å². The molecule has 0 saturated heterocycles. The van der Waals surface area contributed by atoms with Crippen molar-refractivity contribution < 1.29 is 0 Å². The average Bonchev–Trinajstić information content (AvgIpc) is 2.48. The number of rotatable bonds is 1. The summed E-state index contributed by atoms with van der Waals surface area (Å²) in [6.45, 7) is 0. The number of nitrogens with one attached hydrogen (secondary N) is 1. The fraction of sp³-hybridized carbons (Fsp3) is 0.400. The van der Waals surface area contributed by atoms with Crippen LogP contribution in [0, 0.1) is 0 Å². The molecule has 0 aromatic carbocycles. The van der Waals surface area contributed by atoms with Crippen molar-refractivity contribution in [1.82, 2.24) is 5.32 Å².